The summed E-state index contributed by atoms with van der Waals surface area (Å²) in [6.07, 6.45) is 1.71. The van der Waals surface area contributed by atoms with Crippen LogP contribution in [0.4, 0.5) is 5.69 Å². The van der Waals surface area contributed by atoms with Crippen LogP contribution in [-0.2, 0) is 11.2 Å². The summed E-state index contributed by atoms with van der Waals surface area (Å²) >= 11 is 0. The predicted molar refractivity (Wildman–Crippen MR) is 110 cm³/mol. The average molecular weight is 397 g/mol. The summed E-state index contributed by atoms with van der Waals surface area (Å²) in [5.41, 5.74) is 2.30. The Bertz CT molecular complexity index is 1060. The topological polar surface area (TPSA) is 94.6 Å². The van der Waals surface area contributed by atoms with Crippen molar-refractivity contribution in [2.75, 3.05) is 26.6 Å². The minimum absolute atomic E-state index is 0.0894. The number of aryl methyl sites for hydroxylation is 1. The SMILES string of the molecule is COc1cc(CC(=O)Nc2ccccc2-n2c(C)c[nH]c2=O)cc(OC)c1OC. The molecule has 3 rings (SSSR count). The van der Waals surface area contributed by atoms with Crippen molar-refractivity contribution in [3.63, 3.8) is 0 Å². The number of benzene rings is 2. The lowest BCUT2D eigenvalue weighted by Crippen LogP contribution is -2.20. The van der Waals surface area contributed by atoms with Gasteiger partial charge in [0.05, 0.1) is 39.1 Å². The second-order valence-electron chi connectivity index (χ2n) is 6.35. The Morgan fingerprint density at radius 2 is 1.72 bits per heavy atom. The third-order valence-corrected chi connectivity index (χ3v) is 4.47. The number of hydrogen-bond donors (Lipinski definition) is 2. The second-order valence-corrected chi connectivity index (χ2v) is 6.35. The maximum Gasteiger partial charge on any atom is 0.330 e. The van der Waals surface area contributed by atoms with E-state index in [1.165, 1.54) is 25.9 Å². The zero-order valence-corrected chi connectivity index (χ0v) is 16.7. The number of hydrogen-bond acceptors (Lipinski definition) is 5. The highest BCUT2D eigenvalue weighted by Crippen LogP contribution is 2.38. The Morgan fingerprint density at radius 1 is 1.07 bits per heavy atom. The number of amides is 1. The maximum atomic E-state index is 12.7. The molecule has 2 N–H and O–H groups in total. The fourth-order valence-electron chi connectivity index (χ4n) is 3.15. The lowest BCUT2D eigenvalue weighted by Gasteiger charge is -2.15. The van der Waals surface area contributed by atoms with Gasteiger partial charge in [-0.3, -0.25) is 9.36 Å². The van der Waals surface area contributed by atoms with Gasteiger partial charge in [-0.25, -0.2) is 4.79 Å². The normalized spacial score (nSPS) is 10.5. The number of aromatic nitrogens is 2. The van der Waals surface area contributed by atoms with Crippen molar-refractivity contribution in [2.45, 2.75) is 13.3 Å². The van der Waals surface area contributed by atoms with Crippen molar-refractivity contribution in [1.29, 1.82) is 0 Å². The number of nitrogens with one attached hydrogen (secondary N) is 2. The molecule has 29 heavy (non-hydrogen) atoms. The van der Waals surface area contributed by atoms with Crippen LogP contribution in [0.3, 0.4) is 0 Å². The molecule has 0 radical (unpaired) electrons. The number of rotatable bonds is 7. The molecular weight excluding hydrogens is 374 g/mol. The Labute approximate surface area is 168 Å². The first-order valence-corrected chi connectivity index (χ1v) is 8.93. The third-order valence-electron chi connectivity index (χ3n) is 4.47. The zero-order chi connectivity index (χ0) is 21.0. The number of H-pyrrole nitrogens is 1. The zero-order valence-electron chi connectivity index (χ0n) is 16.7. The second kappa shape index (κ2) is 8.55. The monoisotopic (exact) mass is 397 g/mol. The van der Waals surface area contributed by atoms with Gasteiger partial charge >= 0.3 is 5.69 Å². The Kier molecular flexibility index (Phi) is 5.92. The number of anilines is 1. The lowest BCUT2D eigenvalue weighted by molar-refractivity contribution is -0.115. The molecule has 0 aliphatic rings. The molecule has 152 valence electrons. The summed E-state index contributed by atoms with van der Waals surface area (Å²) < 4.78 is 17.5. The van der Waals surface area contributed by atoms with Crippen LogP contribution in [0, 0.1) is 6.92 Å². The first-order valence-electron chi connectivity index (χ1n) is 8.93. The van der Waals surface area contributed by atoms with Crippen molar-refractivity contribution in [1.82, 2.24) is 9.55 Å². The predicted octanol–water partition coefficient (Wildman–Crippen LogP) is 2.68. The molecular formula is C21H23N3O5. The molecule has 0 bridgehead atoms. The van der Waals surface area contributed by atoms with E-state index in [0.717, 1.165) is 5.69 Å². The Balaban J connectivity index is 1.87. The molecule has 0 saturated heterocycles. The van der Waals surface area contributed by atoms with Crippen molar-refractivity contribution in [3.05, 3.63) is 64.3 Å². The summed E-state index contributed by atoms with van der Waals surface area (Å²) in [6.45, 7) is 1.81. The van der Waals surface area contributed by atoms with E-state index in [1.54, 1.807) is 36.5 Å². The Hall–Kier alpha value is -3.68. The van der Waals surface area contributed by atoms with Crippen molar-refractivity contribution >= 4 is 11.6 Å². The van der Waals surface area contributed by atoms with E-state index in [9.17, 15) is 9.59 Å². The van der Waals surface area contributed by atoms with Gasteiger partial charge in [0.25, 0.3) is 0 Å². The molecule has 8 heteroatoms. The van der Waals surface area contributed by atoms with Crippen LogP contribution in [0.5, 0.6) is 17.2 Å². The first-order chi connectivity index (χ1) is 14.0. The van der Waals surface area contributed by atoms with Crippen LogP contribution in [0.25, 0.3) is 5.69 Å². The highest BCUT2D eigenvalue weighted by atomic mass is 16.5. The highest BCUT2D eigenvalue weighted by molar-refractivity contribution is 5.94. The van der Waals surface area contributed by atoms with Crippen LogP contribution < -0.4 is 25.2 Å². The van der Waals surface area contributed by atoms with Crippen molar-refractivity contribution < 1.29 is 19.0 Å². The number of carbonyl (C=O) groups excluding carboxylic acids is 1. The van der Waals surface area contributed by atoms with Crippen LogP contribution in [-0.4, -0.2) is 36.8 Å². The van der Waals surface area contributed by atoms with Gasteiger partial charge in [-0.2, -0.15) is 0 Å². The van der Waals surface area contributed by atoms with Gasteiger partial charge in [-0.1, -0.05) is 12.1 Å². The molecule has 0 saturated carbocycles. The van der Waals surface area contributed by atoms with Crippen LogP contribution in [0.15, 0.2) is 47.4 Å². The lowest BCUT2D eigenvalue weighted by atomic mass is 10.1. The van der Waals surface area contributed by atoms with Gasteiger partial charge in [0.2, 0.25) is 11.7 Å². The molecule has 0 aliphatic heterocycles. The highest BCUT2D eigenvalue weighted by Gasteiger charge is 2.16. The van der Waals surface area contributed by atoms with E-state index < -0.39 is 0 Å². The molecule has 2 aromatic carbocycles. The van der Waals surface area contributed by atoms with Gasteiger partial charge in [-0.05, 0) is 36.8 Å². The van der Waals surface area contributed by atoms with Gasteiger partial charge < -0.3 is 24.5 Å². The minimum atomic E-state index is -0.270. The quantitative estimate of drug-likeness (QED) is 0.639. The largest absolute Gasteiger partial charge is 0.493 e. The summed E-state index contributed by atoms with van der Waals surface area (Å²) in [6, 6.07) is 10.6. The smallest absolute Gasteiger partial charge is 0.330 e. The molecule has 8 nitrogen and oxygen atoms in total. The fourth-order valence-corrected chi connectivity index (χ4v) is 3.15. The van der Waals surface area contributed by atoms with Gasteiger partial charge in [0.15, 0.2) is 11.5 Å². The molecule has 1 amide bonds. The molecule has 0 atom stereocenters. The number of para-hydroxylation sites is 2. The number of methoxy groups -OCH3 is 3. The summed E-state index contributed by atoms with van der Waals surface area (Å²) in [7, 11) is 4.57. The van der Waals surface area contributed by atoms with Crippen LogP contribution in [0.2, 0.25) is 0 Å². The van der Waals surface area contributed by atoms with Gasteiger partial charge in [0.1, 0.15) is 0 Å². The van der Waals surface area contributed by atoms with E-state index in [4.69, 9.17) is 14.2 Å². The number of aromatic amines is 1. The van der Waals surface area contributed by atoms with Crippen molar-refractivity contribution in [3.8, 4) is 22.9 Å². The molecule has 0 unspecified atom stereocenters. The number of imidazole rings is 1. The van der Waals surface area contributed by atoms with Gasteiger partial charge in [0, 0.05) is 11.9 Å². The molecule has 0 fully saturated rings. The van der Waals surface area contributed by atoms with E-state index in [0.29, 0.717) is 34.2 Å². The standard InChI is InChI=1S/C21H23N3O5/c1-13-12-22-21(26)24(13)16-8-6-5-7-15(16)23-19(25)11-14-9-17(27-2)20(29-4)18(10-14)28-3/h5-10,12H,11H2,1-4H3,(H,22,26)(H,23,25). The molecule has 1 aromatic heterocycles. The number of ether oxygens (including phenoxy) is 3. The van der Waals surface area contributed by atoms with Crippen LogP contribution >= 0.6 is 0 Å². The maximum absolute atomic E-state index is 12.7. The Morgan fingerprint density at radius 3 is 2.28 bits per heavy atom. The van der Waals surface area contributed by atoms with Crippen LogP contribution in [0.1, 0.15) is 11.3 Å². The van der Waals surface area contributed by atoms with E-state index >= 15 is 0 Å². The third kappa shape index (κ3) is 4.11. The summed E-state index contributed by atoms with van der Waals surface area (Å²) in [4.78, 5) is 27.5. The molecule has 0 aliphatic carbocycles. The molecule has 1 heterocycles. The number of nitrogens with zero attached hydrogens (tertiary/aromatic N) is 1. The summed E-state index contributed by atoms with van der Waals surface area (Å²) in [5, 5.41) is 2.88. The van der Waals surface area contributed by atoms with E-state index in [2.05, 4.69) is 10.3 Å². The van der Waals surface area contributed by atoms with E-state index in [1.807, 2.05) is 13.0 Å². The van der Waals surface area contributed by atoms with Gasteiger partial charge in [-0.15, -0.1) is 0 Å². The number of carbonyl (C=O) groups is 1. The molecule has 3 aromatic rings. The van der Waals surface area contributed by atoms with Crippen molar-refractivity contribution in [2.24, 2.45) is 0 Å². The van der Waals surface area contributed by atoms with E-state index in [-0.39, 0.29) is 18.0 Å². The average Bonchev–Trinajstić information content (AvgIpc) is 3.05. The minimum Gasteiger partial charge on any atom is -0.493 e. The fraction of sp³-hybridized carbons (Fsp3) is 0.238. The summed E-state index contributed by atoms with van der Waals surface area (Å²) in [5.74, 6) is 1.17. The molecule has 0 spiro atoms. The first kappa shape index (κ1) is 20.1.